The van der Waals surface area contributed by atoms with Crippen LogP contribution in [0.4, 0.5) is 5.69 Å². The van der Waals surface area contributed by atoms with Gasteiger partial charge in [0, 0.05) is 37.5 Å². The molecule has 1 saturated heterocycles. The van der Waals surface area contributed by atoms with Crippen molar-refractivity contribution in [1.29, 1.82) is 0 Å². The van der Waals surface area contributed by atoms with Crippen LogP contribution in [0.5, 0.6) is 0 Å². The molecule has 1 aromatic heterocycles. The first-order chi connectivity index (χ1) is 12.1. The second kappa shape index (κ2) is 6.99. The molecule has 2 heterocycles. The Bertz CT molecular complexity index is 753. The third-order valence-electron chi connectivity index (χ3n) is 5.41. The summed E-state index contributed by atoms with van der Waals surface area (Å²) in [6.45, 7) is 7.05. The van der Waals surface area contributed by atoms with Gasteiger partial charge in [-0.25, -0.2) is 4.98 Å². The van der Waals surface area contributed by atoms with Crippen LogP contribution in [0, 0.1) is 0 Å². The maximum absolute atomic E-state index is 9.08. The molecule has 2 aromatic rings. The Labute approximate surface area is 157 Å². The van der Waals surface area contributed by atoms with E-state index in [0.29, 0.717) is 4.75 Å². The number of piperazine rings is 1. The number of aromatic nitrogens is 2. The third kappa shape index (κ3) is 3.63. The fraction of sp³-hybridized carbons (Fsp3) is 0.611. The lowest BCUT2D eigenvalue weighted by atomic mass is 9.86. The SMILES string of the molecule is CC1(Sc2nc3cc(N4CCN(CCO)CC4)c(Cl)cc3[nH]2)CCC1. The smallest absolute Gasteiger partial charge is 0.166 e. The molecule has 1 aliphatic carbocycles. The number of halogens is 1. The molecule has 0 atom stereocenters. The fourth-order valence-electron chi connectivity index (χ4n) is 3.65. The summed E-state index contributed by atoms with van der Waals surface area (Å²) in [4.78, 5) is 12.8. The summed E-state index contributed by atoms with van der Waals surface area (Å²) in [7, 11) is 0. The number of β-amino-alcohol motifs (C(OH)–C–C–N with tert-alkyl or cyclic N) is 1. The molecule has 1 aromatic carbocycles. The molecule has 136 valence electrons. The van der Waals surface area contributed by atoms with Crippen molar-refractivity contribution in [1.82, 2.24) is 14.9 Å². The van der Waals surface area contributed by atoms with Crippen LogP contribution in [0.1, 0.15) is 26.2 Å². The zero-order valence-corrected chi connectivity index (χ0v) is 16.2. The number of aromatic amines is 1. The van der Waals surface area contributed by atoms with Gasteiger partial charge in [-0.1, -0.05) is 29.8 Å². The Balaban J connectivity index is 1.53. The van der Waals surface area contributed by atoms with E-state index in [9.17, 15) is 0 Å². The van der Waals surface area contributed by atoms with E-state index in [0.717, 1.165) is 59.6 Å². The van der Waals surface area contributed by atoms with Crippen molar-refractivity contribution in [3.8, 4) is 0 Å². The first kappa shape index (κ1) is 17.5. The van der Waals surface area contributed by atoms with Crippen molar-refractivity contribution in [2.75, 3.05) is 44.2 Å². The predicted octanol–water partition coefficient (Wildman–Crippen LogP) is 3.37. The second-order valence-corrected chi connectivity index (χ2v) is 9.30. The van der Waals surface area contributed by atoms with Crippen molar-refractivity contribution in [2.45, 2.75) is 36.1 Å². The highest BCUT2D eigenvalue weighted by Crippen LogP contribution is 2.46. The molecule has 2 N–H and O–H groups in total. The van der Waals surface area contributed by atoms with Crippen LogP contribution in [0.25, 0.3) is 11.0 Å². The Morgan fingerprint density at radius 3 is 2.68 bits per heavy atom. The van der Waals surface area contributed by atoms with Crippen molar-refractivity contribution in [3.63, 3.8) is 0 Å². The van der Waals surface area contributed by atoms with Crippen LogP contribution in [0.15, 0.2) is 17.3 Å². The van der Waals surface area contributed by atoms with E-state index >= 15 is 0 Å². The number of imidazole rings is 1. The Morgan fingerprint density at radius 2 is 2.04 bits per heavy atom. The number of nitrogens with one attached hydrogen (secondary N) is 1. The van der Waals surface area contributed by atoms with E-state index < -0.39 is 0 Å². The van der Waals surface area contributed by atoms with Crippen LogP contribution in [-0.4, -0.2) is 64.1 Å². The number of aliphatic hydroxyl groups is 1. The molecule has 0 radical (unpaired) electrons. The van der Waals surface area contributed by atoms with Gasteiger partial charge in [-0.05, 0) is 31.9 Å². The number of aliphatic hydroxyl groups excluding tert-OH is 1. The van der Waals surface area contributed by atoms with Gasteiger partial charge in [-0.3, -0.25) is 4.90 Å². The highest BCUT2D eigenvalue weighted by Gasteiger charge is 2.34. The summed E-state index contributed by atoms with van der Waals surface area (Å²) in [5, 5.41) is 10.9. The maximum atomic E-state index is 9.08. The number of thioether (sulfide) groups is 1. The van der Waals surface area contributed by atoms with Gasteiger partial charge < -0.3 is 15.0 Å². The summed E-state index contributed by atoms with van der Waals surface area (Å²) in [6, 6.07) is 4.12. The van der Waals surface area contributed by atoms with Gasteiger partial charge in [0.15, 0.2) is 5.16 Å². The van der Waals surface area contributed by atoms with Gasteiger partial charge in [0.2, 0.25) is 0 Å². The van der Waals surface area contributed by atoms with Crippen LogP contribution in [0.3, 0.4) is 0 Å². The molecule has 0 spiro atoms. The Kier molecular flexibility index (Phi) is 4.88. The van der Waals surface area contributed by atoms with Gasteiger partial charge in [-0.2, -0.15) is 0 Å². The summed E-state index contributed by atoms with van der Waals surface area (Å²) in [5.74, 6) is 0. The second-order valence-electron chi connectivity index (χ2n) is 7.32. The van der Waals surface area contributed by atoms with E-state index in [1.165, 1.54) is 19.3 Å². The molecule has 5 nitrogen and oxygen atoms in total. The maximum Gasteiger partial charge on any atom is 0.166 e. The zero-order valence-electron chi connectivity index (χ0n) is 14.6. The lowest BCUT2D eigenvalue weighted by molar-refractivity contribution is 0.189. The lowest BCUT2D eigenvalue weighted by Crippen LogP contribution is -2.47. The molecule has 1 aliphatic heterocycles. The molecular formula is C18H25ClN4OS. The number of hydrogen-bond donors (Lipinski definition) is 2. The summed E-state index contributed by atoms with van der Waals surface area (Å²) in [5.41, 5.74) is 3.07. The number of fused-ring (bicyclic) bond motifs is 1. The number of rotatable bonds is 5. The first-order valence-electron chi connectivity index (χ1n) is 9.03. The molecule has 0 amide bonds. The average Bonchev–Trinajstić information content (AvgIpc) is 2.94. The highest BCUT2D eigenvalue weighted by molar-refractivity contribution is 8.00. The van der Waals surface area contributed by atoms with Crippen molar-refractivity contribution in [3.05, 3.63) is 17.2 Å². The summed E-state index contributed by atoms with van der Waals surface area (Å²) in [6.07, 6.45) is 3.85. The molecule has 2 aliphatic rings. The van der Waals surface area contributed by atoms with Gasteiger partial charge in [0.05, 0.1) is 28.4 Å². The quantitative estimate of drug-likeness (QED) is 0.832. The first-order valence-corrected chi connectivity index (χ1v) is 10.2. The number of H-pyrrole nitrogens is 1. The molecule has 2 fully saturated rings. The minimum atomic E-state index is 0.222. The van der Waals surface area contributed by atoms with Crippen molar-refractivity contribution < 1.29 is 5.11 Å². The van der Waals surface area contributed by atoms with Crippen LogP contribution in [0.2, 0.25) is 5.02 Å². The molecule has 0 bridgehead atoms. The van der Waals surface area contributed by atoms with Gasteiger partial charge >= 0.3 is 0 Å². The molecular weight excluding hydrogens is 356 g/mol. The fourth-order valence-corrected chi connectivity index (χ4v) is 5.20. The monoisotopic (exact) mass is 380 g/mol. The molecule has 7 heteroatoms. The molecule has 0 unspecified atom stereocenters. The number of hydrogen-bond acceptors (Lipinski definition) is 5. The van der Waals surface area contributed by atoms with Crippen LogP contribution >= 0.6 is 23.4 Å². The minimum absolute atomic E-state index is 0.222. The van der Waals surface area contributed by atoms with Crippen LogP contribution in [-0.2, 0) is 0 Å². The normalized spacial score (nSPS) is 20.8. The zero-order chi connectivity index (χ0) is 17.4. The largest absolute Gasteiger partial charge is 0.395 e. The third-order valence-corrected chi connectivity index (χ3v) is 7.00. The van der Waals surface area contributed by atoms with E-state index in [4.69, 9.17) is 21.7 Å². The van der Waals surface area contributed by atoms with Crippen molar-refractivity contribution >= 4 is 40.1 Å². The molecule has 4 rings (SSSR count). The minimum Gasteiger partial charge on any atom is -0.395 e. The Hall–Kier alpha value is -0.950. The standard InChI is InChI=1S/C18H25ClN4OS/c1-18(3-2-4-18)25-17-20-14-11-13(19)16(12-15(14)21-17)23-7-5-22(6-8-23)9-10-24/h11-12,24H,2-10H2,1H3,(H,20,21). The van der Waals surface area contributed by atoms with Crippen molar-refractivity contribution in [2.24, 2.45) is 0 Å². The average molecular weight is 381 g/mol. The van der Waals surface area contributed by atoms with Gasteiger partial charge in [0.25, 0.3) is 0 Å². The van der Waals surface area contributed by atoms with E-state index in [-0.39, 0.29) is 6.61 Å². The summed E-state index contributed by atoms with van der Waals surface area (Å²) < 4.78 is 0.337. The molecule has 1 saturated carbocycles. The highest BCUT2D eigenvalue weighted by atomic mass is 35.5. The number of benzene rings is 1. The number of nitrogens with zero attached hydrogens (tertiary/aromatic N) is 3. The van der Waals surface area contributed by atoms with E-state index in [1.807, 2.05) is 17.8 Å². The van der Waals surface area contributed by atoms with Crippen LogP contribution < -0.4 is 4.90 Å². The van der Waals surface area contributed by atoms with E-state index in [1.54, 1.807) is 0 Å². The lowest BCUT2D eigenvalue weighted by Gasteiger charge is -2.36. The van der Waals surface area contributed by atoms with Gasteiger partial charge in [-0.15, -0.1) is 0 Å². The summed E-state index contributed by atoms with van der Waals surface area (Å²) >= 11 is 8.42. The predicted molar refractivity (Wildman–Crippen MR) is 105 cm³/mol. The van der Waals surface area contributed by atoms with E-state index in [2.05, 4.69) is 27.8 Å². The van der Waals surface area contributed by atoms with Gasteiger partial charge in [0.1, 0.15) is 0 Å². The number of anilines is 1. The molecule has 25 heavy (non-hydrogen) atoms. The Morgan fingerprint density at radius 1 is 1.28 bits per heavy atom. The topological polar surface area (TPSA) is 55.4 Å².